The van der Waals surface area contributed by atoms with Gasteiger partial charge in [0.2, 0.25) is 0 Å². The fourth-order valence-corrected chi connectivity index (χ4v) is 5.39. The summed E-state index contributed by atoms with van der Waals surface area (Å²) in [7, 11) is 4.06. The van der Waals surface area contributed by atoms with Gasteiger partial charge in [0.15, 0.2) is 6.23 Å². The zero-order chi connectivity index (χ0) is 26.6. The van der Waals surface area contributed by atoms with Crippen molar-refractivity contribution in [2.75, 3.05) is 43.1 Å². The summed E-state index contributed by atoms with van der Waals surface area (Å²) in [5.41, 5.74) is 6.27. The number of benzene rings is 1. The van der Waals surface area contributed by atoms with E-state index in [1.165, 1.54) is 17.7 Å². The maximum absolute atomic E-state index is 11.3. The number of hydrogen-bond donors (Lipinski definition) is 5. The molecular formula is C28H34N8OS. The Bertz CT molecular complexity index is 1430. The summed E-state index contributed by atoms with van der Waals surface area (Å²) in [6.45, 7) is 4.17. The largest absolute Gasteiger partial charge is 0.379 e. The number of hydrogen-bond acceptors (Lipinski definition) is 10. The van der Waals surface area contributed by atoms with Crippen LogP contribution < -0.4 is 16.0 Å². The lowest BCUT2D eigenvalue weighted by Gasteiger charge is -2.21. The summed E-state index contributed by atoms with van der Waals surface area (Å²) >= 11 is 1.51. The summed E-state index contributed by atoms with van der Waals surface area (Å²) in [6.07, 6.45) is 2.57. The molecular weight excluding hydrogens is 496 g/mol. The SMILES string of the molecule is Cc1cccc(CNc2cccc(NC(O)c3csc4c(NCCN(C)C)ncnc34)c2C(=N)C2CC2)n1. The molecule has 1 fully saturated rings. The number of rotatable bonds is 12. The number of aliphatic hydroxyl groups is 1. The first-order chi connectivity index (χ1) is 18.4. The van der Waals surface area contributed by atoms with Crippen LogP contribution in [0.4, 0.5) is 17.2 Å². The van der Waals surface area contributed by atoms with Gasteiger partial charge in [0.25, 0.3) is 0 Å². The molecule has 1 unspecified atom stereocenters. The van der Waals surface area contributed by atoms with Gasteiger partial charge >= 0.3 is 0 Å². The molecule has 5 N–H and O–H groups in total. The summed E-state index contributed by atoms with van der Waals surface area (Å²) in [5, 5.41) is 32.3. The Morgan fingerprint density at radius 1 is 1.13 bits per heavy atom. The molecule has 0 aliphatic heterocycles. The van der Waals surface area contributed by atoms with E-state index in [2.05, 4.69) is 35.8 Å². The lowest BCUT2D eigenvalue weighted by Crippen LogP contribution is -2.21. The van der Waals surface area contributed by atoms with Gasteiger partial charge in [0.05, 0.1) is 22.5 Å². The van der Waals surface area contributed by atoms with E-state index < -0.39 is 6.23 Å². The minimum absolute atomic E-state index is 0.248. The molecule has 4 aromatic rings. The van der Waals surface area contributed by atoms with Crippen molar-refractivity contribution in [3.05, 3.63) is 70.6 Å². The molecule has 3 heterocycles. The first kappa shape index (κ1) is 26.0. The molecule has 1 aliphatic rings. The fourth-order valence-electron chi connectivity index (χ4n) is 4.38. The van der Waals surface area contributed by atoms with E-state index in [1.807, 2.05) is 62.8 Å². The van der Waals surface area contributed by atoms with Gasteiger partial charge < -0.3 is 31.4 Å². The van der Waals surface area contributed by atoms with Gasteiger partial charge in [0.1, 0.15) is 12.1 Å². The van der Waals surface area contributed by atoms with Crippen LogP contribution in [0.1, 0.15) is 41.6 Å². The third-order valence-corrected chi connectivity index (χ3v) is 7.54. The number of thiophene rings is 1. The average Bonchev–Trinajstić information content (AvgIpc) is 3.65. The molecule has 1 aromatic carbocycles. The summed E-state index contributed by atoms with van der Waals surface area (Å²) < 4.78 is 0.911. The Kier molecular flexibility index (Phi) is 7.82. The van der Waals surface area contributed by atoms with Crippen molar-refractivity contribution in [2.24, 2.45) is 5.92 Å². The van der Waals surface area contributed by atoms with E-state index in [0.29, 0.717) is 23.5 Å². The molecule has 0 spiro atoms. The average molecular weight is 531 g/mol. The third-order valence-electron chi connectivity index (χ3n) is 6.54. The summed E-state index contributed by atoms with van der Waals surface area (Å²) in [6, 6.07) is 11.8. The highest BCUT2D eigenvalue weighted by Crippen LogP contribution is 2.39. The molecule has 0 radical (unpaired) electrons. The fraction of sp³-hybridized carbons (Fsp3) is 0.357. The molecule has 9 nitrogen and oxygen atoms in total. The van der Waals surface area contributed by atoms with Crippen molar-refractivity contribution in [1.82, 2.24) is 19.9 Å². The Labute approximate surface area is 226 Å². The normalized spacial score (nSPS) is 14.0. The number of likely N-dealkylation sites (N-methyl/N-ethyl adjacent to an activating group) is 1. The van der Waals surface area contributed by atoms with Crippen LogP contribution in [0, 0.1) is 18.3 Å². The van der Waals surface area contributed by atoms with E-state index in [4.69, 9.17) is 5.41 Å². The molecule has 38 heavy (non-hydrogen) atoms. The van der Waals surface area contributed by atoms with E-state index in [-0.39, 0.29) is 5.92 Å². The van der Waals surface area contributed by atoms with Crippen molar-refractivity contribution >= 4 is 44.5 Å². The van der Waals surface area contributed by atoms with Crippen LogP contribution in [0.15, 0.2) is 48.1 Å². The Morgan fingerprint density at radius 2 is 1.92 bits per heavy atom. The number of nitrogens with one attached hydrogen (secondary N) is 4. The van der Waals surface area contributed by atoms with Crippen molar-refractivity contribution < 1.29 is 5.11 Å². The van der Waals surface area contributed by atoms with Crippen LogP contribution in [-0.4, -0.2) is 57.9 Å². The second kappa shape index (κ2) is 11.4. The monoisotopic (exact) mass is 530 g/mol. The number of pyridine rings is 1. The molecule has 1 saturated carbocycles. The van der Waals surface area contributed by atoms with Gasteiger partial charge in [-0.1, -0.05) is 12.1 Å². The highest BCUT2D eigenvalue weighted by Gasteiger charge is 2.31. The molecule has 10 heteroatoms. The van der Waals surface area contributed by atoms with E-state index >= 15 is 0 Å². The molecule has 198 valence electrons. The number of nitrogens with zero attached hydrogens (tertiary/aromatic N) is 4. The van der Waals surface area contributed by atoms with Crippen LogP contribution in [0.5, 0.6) is 0 Å². The molecule has 3 aromatic heterocycles. The topological polar surface area (TPSA) is 122 Å². The lowest BCUT2D eigenvalue weighted by molar-refractivity contribution is 0.210. The lowest BCUT2D eigenvalue weighted by atomic mass is 10.0. The maximum Gasteiger partial charge on any atom is 0.153 e. The number of aliphatic hydroxyl groups excluding tert-OH is 1. The van der Waals surface area contributed by atoms with Crippen molar-refractivity contribution in [3.8, 4) is 0 Å². The van der Waals surface area contributed by atoms with Crippen LogP contribution in [0.3, 0.4) is 0 Å². The van der Waals surface area contributed by atoms with E-state index in [0.717, 1.165) is 64.6 Å². The quantitative estimate of drug-likeness (QED) is 0.130. The number of aromatic nitrogens is 3. The molecule has 1 aliphatic carbocycles. The van der Waals surface area contributed by atoms with Crippen LogP contribution >= 0.6 is 11.3 Å². The zero-order valence-electron chi connectivity index (χ0n) is 22.0. The van der Waals surface area contributed by atoms with Gasteiger partial charge in [-0.3, -0.25) is 4.98 Å². The zero-order valence-corrected chi connectivity index (χ0v) is 22.8. The minimum Gasteiger partial charge on any atom is -0.379 e. The van der Waals surface area contributed by atoms with Gasteiger partial charge in [-0.25, -0.2) is 9.97 Å². The maximum atomic E-state index is 11.3. The molecule has 0 amide bonds. The Morgan fingerprint density at radius 3 is 2.68 bits per heavy atom. The van der Waals surface area contributed by atoms with Gasteiger partial charge in [-0.05, 0) is 58.1 Å². The van der Waals surface area contributed by atoms with Crippen LogP contribution in [-0.2, 0) is 6.54 Å². The first-order valence-electron chi connectivity index (χ1n) is 12.8. The highest BCUT2D eigenvalue weighted by atomic mass is 32.1. The van der Waals surface area contributed by atoms with Crippen LogP contribution in [0.2, 0.25) is 0 Å². The van der Waals surface area contributed by atoms with Gasteiger partial charge in [0, 0.05) is 58.3 Å². The van der Waals surface area contributed by atoms with Gasteiger partial charge in [-0.15, -0.1) is 11.3 Å². The minimum atomic E-state index is -0.993. The van der Waals surface area contributed by atoms with Crippen LogP contribution in [0.25, 0.3) is 10.2 Å². The summed E-state index contributed by atoms with van der Waals surface area (Å²) in [4.78, 5) is 15.6. The molecule has 1 atom stereocenters. The molecule has 5 rings (SSSR count). The van der Waals surface area contributed by atoms with E-state index in [9.17, 15) is 5.11 Å². The highest BCUT2D eigenvalue weighted by molar-refractivity contribution is 7.18. The second-order valence-corrected chi connectivity index (χ2v) is 10.8. The predicted octanol–water partition coefficient (Wildman–Crippen LogP) is 4.86. The van der Waals surface area contributed by atoms with E-state index in [1.54, 1.807) is 0 Å². The summed E-state index contributed by atoms with van der Waals surface area (Å²) in [5.74, 6) is 1.02. The molecule has 0 saturated heterocycles. The third kappa shape index (κ3) is 5.93. The van der Waals surface area contributed by atoms with Crippen molar-refractivity contribution in [1.29, 1.82) is 5.41 Å². The van der Waals surface area contributed by atoms with Crippen molar-refractivity contribution in [2.45, 2.75) is 32.5 Å². The Hall–Kier alpha value is -3.60. The second-order valence-electron chi connectivity index (χ2n) is 9.91. The predicted molar refractivity (Wildman–Crippen MR) is 155 cm³/mol. The molecule has 0 bridgehead atoms. The van der Waals surface area contributed by atoms with Gasteiger partial charge in [-0.2, -0.15) is 0 Å². The number of anilines is 3. The Balaban J connectivity index is 1.39. The number of fused-ring (bicyclic) bond motifs is 1. The smallest absolute Gasteiger partial charge is 0.153 e. The first-order valence-corrected chi connectivity index (χ1v) is 13.7. The standard InChI is InChI=1S/C28H34N8OS/c1-17-6-4-7-19(34-17)14-31-21-8-5-9-22(23(21)24(29)18-10-11-18)35-28(37)20-15-38-26-25(20)32-16-33-27(26)30-12-13-36(2)3/h4-9,15-16,18,28-29,31,35,37H,10-14H2,1-3H3,(H,30,32,33). The number of aryl methyl sites for hydroxylation is 1. The van der Waals surface area contributed by atoms with Crippen molar-refractivity contribution in [3.63, 3.8) is 0 Å².